The SMILES string of the molecule is Cc1ncsc1CN(C)CCc1ccccc1CN. The van der Waals surface area contributed by atoms with E-state index in [1.54, 1.807) is 11.3 Å². The first-order valence-electron chi connectivity index (χ1n) is 6.55. The van der Waals surface area contributed by atoms with Crippen molar-refractivity contribution in [2.45, 2.75) is 26.4 Å². The third-order valence-corrected chi connectivity index (χ3v) is 4.28. The van der Waals surface area contributed by atoms with E-state index in [0.717, 1.165) is 25.2 Å². The van der Waals surface area contributed by atoms with Crippen LogP contribution in [-0.2, 0) is 19.5 Å². The van der Waals surface area contributed by atoms with Crippen LogP contribution >= 0.6 is 11.3 Å². The van der Waals surface area contributed by atoms with Gasteiger partial charge in [-0.1, -0.05) is 24.3 Å². The Labute approximate surface area is 119 Å². The lowest BCUT2D eigenvalue weighted by atomic mass is 10.0. The van der Waals surface area contributed by atoms with E-state index in [-0.39, 0.29) is 0 Å². The van der Waals surface area contributed by atoms with E-state index in [1.807, 2.05) is 5.51 Å². The lowest BCUT2D eigenvalue weighted by Crippen LogP contribution is -2.21. The van der Waals surface area contributed by atoms with Crippen molar-refractivity contribution < 1.29 is 0 Å². The lowest BCUT2D eigenvalue weighted by Gasteiger charge is -2.17. The Hall–Kier alpha value is -1.23. The molecule has 0 amide bonds. The molecular formula is C15H21N3S. The van der Waals surface area contributed by atoms with Gasteiger partial charge in [0, 0.05) is 24.5 Å². The monoisotopic (exact) mass is 275 g/mol. The Morgan fingerprint density at radius 1 is 1.26 bits per heavy atom. The van der Waals surface area contributed by atoms with Gasteiger partial charge in [-0.05, 0) is 31.5 Å². The average Bonchev–Trinajstić information content (AvgIpc) is 2.82. The number of hydrogen-bond acceptors (Lipinski definition) is 4. The van der Waals surface area contributed by atoms with E-state index in [2.05, 4.69) is 48.1 Å². The molecule has 102 valence electrons. The minimum absolute atomic E-state index is 0.619. The van der Waals surface area contributed by atoms with Crippen molar-refractivity contribution in [3.8, 4) is 0 Å². The van der Waals surface area contributed by atoms with Gasteiger partial charge < -0.3 is 10.6 Å². The minimum atomic E-state index is 0.619. The summed E-state index contributed by atoms with van der Waals surface area (Å²) in [5.74, 6) is 0. The fraction of sp³-hybridized carbons (Fsp3) is 0.400. The van der Waals surface area contributed by atoms with E-state index >= 15 is 0 Å². The number of aryl methyl sites for hydroxylation is 1. The van der Waals surface area contributed by atoms with Crippen LogP contribution in [0.2, 0.25) is 0 Å². The normalized spacial score (nSPS) is 11.2. The molecule has 0 radical (unpaired) electrons. The topological polar surface area (TPSA) is 42.2 Å². The maximum absolute atomic E-state index is 5.77. The van der Waals surface area contributed by atoms with Gasteiger partial charge in [0.15, 0.2) is 0 Å². The molecule has 3 nitrogen and oxygen atoms in total. The van der Waals surface area contributed by atoms with Crippen molar-refractivity contribution in [2.24, 2.45) is 5.73 Å². The summed E-state index contributed by atoms with van der Waals surface area (Å²) in [6.45, 7) is 4.70. The largest absolute Gasteiger partial charge is 0.326 e. The number of rotatable bonds is 6. The second-order valence-corrected chi connectivity index (χ2v) is 5.76. The second-order valence-electron chi connectivity index (χ2n) is 4.82. The molecule has 0 atom stereocenters. The van der Waals surface area contributed by atoms with Crippen LogP contribution in [0.25, 0.3) is 0 Å². The number of nitrogens with zero attached hydrogens (tertiary/aromatic N) is 2. The van der Waals surface area contributed by atoms with Gasteiger partial charge in [-0.3, -0.25) is 0 Å². The number of likely N-dealkylation sites (N-methyl/N-ethyl adjacent to an activating group) is 1. The fourth-order valence-electron chi connectivity index (χ4n) is 2.11. The summed E-state index contributed by atoms with van der Waals surface area (Å²) in [5, 5.41) is 0. The van der Waals surface area contributed by atoms with E-state index in [4.69, 9.17) is 5.73 Å². The first-order chi connectivity index (χ1) is 9.20. The Balaban J connectivity index is 1.90. The lowest BCUT2D eigenvalue weighted by molar-refractivity contribution is 0.333. The van der Waals surface area contributed by atoms with Gasteiger partial charge in [-0.15, -0.1) is 11.3 Å². The summed E-state index contributed by atoms with van der Waals surface area (Å²) in [7, 11) is 2.16. The van der Waals surface area contributed by atoms with Crippen LogP contribution < -0.4 is 5.73 Å². The zero-order valence-electron chi connectivity index (χ0n) is 11.6. The fourth-order valence-corrected chi connectivity index (χ4v) is 2.97. The van der Waals surface area contributed by atoms with Gasteiger partial charge in [-0.25, -0.2) is 4.98 Å². The Bertz CT molecular complexity index is 522. The van der Waals surface area contributed by atoms with Crippen molar-refractivity contribution in [3.63, 3.8) is 0 Å². The predicted octanol–water partition coefficient (Wildman–Crippen LogP) is 2.58. The molecule has 2 rings (SSSR count). The molecule has 0 aliphatic carbocycles. The molecule has 2 aromatic rings. The Morgan fingerprint density at radius 3 is 2.63 bits per heavy atom. The molecule has 19 heavy (non-hydrogen) atoms. The standard InChI is InChI=1S/C15H21N3S/c1-12-15(19-11-17-12)10-18(2)8-7-13-5-3-4-6-14(13)9-16/h3-6,11H,7-10,16H2,1-2H3. The summed E-state index contributed by atoms with van der Waals surface area (Å²) < 4.78 is 0. The van der Waals surface area contributed by atoms with Crippen molar-refractivity contribution in [2.75, 3.05) is 13.6 Å². The number of benzene rings is 1. The number of aromatic nitrogens is 1. The Morgan fingerprint density at radius 2 is 2.00 bits per heavy atom. The molecule has 2 N–H and O–H groups in total. The third kappa shape index (κ3) is 3.86. The van der Waals surface area contributed by atoms with Gasteiger partial charge in [0.05, 0.1) is 11.2 Å². The van der Waals surface area contributed by atoms with Gasteiger partial charge in [0.1, 0.15) is 0 Å². The molecule has 0 fully saturated rings. The van der Waals surface area contributed by atoms with Gasteiger partial charge in [0.25, 0.3) is 0 Å². The quantitative estimate of drug-likeness (QED) is 0.881. The van der Waals surface area contributed by atoms with Crippen LogP contribution in [-0.4, -0.2) is 23.5 Å². The molecule has 1 heterocycles. The summed E-state index contributed by atoms with van der Waals surface area (Å²) in [4.78, 5) is 7.99. The summed E-state index contributed by atoms with van der Waals surface area (Å²) in [6.07, 6.45) is 1.04. The van der Waals surface area contributed by atoms with Crippen LogP contribution in [0.3, 0.4) is 0 Å². The highest BCUT2D eigenvalue weighted by Gasteiger charge is 2.07. The molecule has 0 unspecified atom stereocenters. The molecule has 0 saturated carbocycles. The maximum Gasteiger partial charge on any atom is 0.0798 e. The number of thiazole rings is 1. The van der Waals surface area contributed by atoms with Crippen LogP contribution in [0, 0.1) is 6.92 Å². The third-order valence-electron chi connectivity index (χ3n) is 3.36. The second kappa shape index (κ2) is 6.80. The van der Waals surface area contributed by atoms with Gasteiger partial charge in [-0.2, -0.15) is 0 Å². The van der Waals surface area contributed by atoms with Crippen LogP contribution in [0.4, 0.5) is 0 Å². The summed E-state index contributed by atoms with van der Waals surface area (Å²) >= 11 is 1.73. The van der Waals surface area contributed by atoms with Crippen LogP contribution in [0.5, 0.6) is 0 Å². The molecule has 0 spiro atoms. The Kier molecular flexibility index (Phi) is 5.07. The van der Waals surface area contributed by atoms with Crippen LogP contribution in [0.1, 0.15) is 21.7 Å². The highest BCUT2D eigenvalue weighted by atomic mass is 32.1. The van der Waals surface area contributed by atoms with Crippen LogP contribution in [0.15, 0.2) is 29.8 Å². The summed E-state index contributed by atoms with van der Waals surface area (Å²) in [5.41, 5.74) is 11.5. The highest BCUT2D eigenvalue weighted by molar-refractivity contribution is 7.09. The molecule has 1 aromatic heterocycles. The van der Waals surface area contributed by atoms with E-state index in [1.165, 1.54) is 16.0 Å². The number of hydrogen-bond donors (Lipinski definition) is 1. The molecule has 4 heteroatoms. The zero-order valence-corrected chi connectivity index (χ0v) is 12.4. The summed E-state index contributed by atoms with van der Waals surface area (Å²) in [6, 6.07) is 8.43. The van der Waals surface area contributed by atoms with Crippen molar-refractivity contribution in [3.05, 3.63) is 51.5 Å². The average molecular weight is 275 g/mol. The van der Waals surface area contributed by atoms with Crippen molar-refractivity contribution in [1.29, 1.82) is 0 Å². The van der Waals surface area contributed by atoms with E-state index in [0.29, 0.717) is 6.54 Å². The maximum atomic E-state index is 5.77. The van der Waals surface area contributed by atoms with Gasteiger partial charge >= 0.3 is 0 Å². The molecule has 1 aromatic carbocycles. The molecule has 0 bridgehead atoms. The minimum Gasteiger partial charge on any atom is -0.326 e. The molecule has 0 saturated heterocycles. The smallest absolute Gasteiger partial charge is 0.0798 e. The first kappa shape index (κ1) is 14.2. The first-order valence-corrected chi connectivity index (χ1v) is 7.43. The predicted molar refractivity (Wildman–Crippen MR) is 81.2 cm³/mol. The van der Waals surface area contributed by atoms with Gasteiger partial charge in [0.2, 0.25) is 0 Å². The highest BCUT2D eigenvalue weighted by Crippen LogP contribution is 2.15. The van der Waals surface area contributed by atoms with Crippen molar-refractivity contribution in [1.82, 2.24) is 9.88 Å². The van der Waals surface area contributed by atoms with E-state index < -0.39 is 0 Å². The van der Waals surface area contributed by atoms with Crippen molar-refractivity contribution >= 4 is 11.3 Å². The molecule has 0 aliphatic heterocycles. The molecule has 0 aliphatic rings. The number of nitrogens with two attached hydrogens (primary N) is 1. The molecular weight excluding hydrogens is 254 g/mol. The zero-order chi connectivity index (χ0) is 13.7. The van der Waals surface area contributed by atoms with E-state index in [9.17, 15) is 0 Å².